The Morgan fingerprint density at radius 3 is 2.14 bits per heavy atom. The Labute approximate surface area is 132 Å². The second-order valence-corrected chi connectivity index (χ2v) is 5.04. The first kappa shape index (κ1) is 15.4. The van der Waals surface area contributed by atoms with E-state index in [1.807, 2.05) is 0 Å². The van der Waals surface area contributed by atoms with Crippen molar-refractivity contribution in [1.82, 2.24) is 0 Å². The molecule has 108 valence electrons. The first-order valence-electron chi connectivity index (χ1n) is 6.06. The maximum absolute atomic E-state index is 11.1. The van der Waals surface area contributed by atoms with Crippen LogP contribution in [0.15, 0.2) is 48.5 Å². The van der Waals surface area contributed by atoms with Crippen LogP contribution in [0.4, 0.5) is 0 Å². The van der Waals surface area contributed by atoms with Crippen LogP contribution in [0.5, 0.6) is 5.75 Å². The molecule has 1 N–H and O–H groups in total. The predicted molar refractivity (Wildman–Crippen MR) is 84.2 cm³/mol. The first-order valence-corrected chi connectivity index (χ1v) is 6.82. The third-order valence-corrected chi connectivity index (χ3v) is 3.53. The molecule has 2 rings (SSSR count). The molecule has 0 spiro atoms. The van der Waals surface area contributed by atoms with E-state index in [0.29, 0.717) is 32.5 Å². The summed E-state index contributed by atoms with van der Waals surface area (Å²) in [5.74, 6) is -0.393. The van der Waals surface area contributed by atoms with Crippen LogP contribution in [0.25, 0.3) is 5.57 Å². The summed E-state index contributed by atoms with van der Waals surface area (Å²) in [4.78, 5) is 11.1. The fraction of sp³-hybridized carbons (Fsp3) is 0.0625. The van der Waals surface area contributed by atoms with Gasteiger partial charge >= 0.3 is 5.97 Å². The molecule has 5 heteroatoms. The number of carboxylic acid groups (broad SMARTS) is 1. The zero-order chi connectivity index (χ0) is 15.4. The first-order chi connectivity index (χ1) is 10.0. The minimum absolute atomic E-state index is 0.394. The lowest BCUT2D eigenvalue weighted by Gasteiger charge is -2.12. The average Bonchev–Trinajstić information content (AvgIpc) is 2.46. The molecule has 3 nitrogen and oxygen atoms in total. The van der Waals surface area contributed by atoms with Crippen LogP contribution in [0.2, 0.25) is 10.0 Å². The molecule has 0 aliphatic heterocycles. The van der Waals surface area contributed by atoms with E-state index in [1.54, 1.807) is 49.6 Å². The maximum Gasteiger partial charge on any atom is 0.328 e. The van der Waals surface area contributed by atoms with Crippen LogP contribution in [-0.4, -0.2) is 18.2 Å². The summed E-state index contributed by atoms with van der Waals surface area (Å²) in [5.41, 5.74) is 1.63. The molecule has 0 heterocycles. The summed E-state index contributed by atoms with van der Waals surface area (Å²) in [5, 5.41) is 9.89. The molecular formula is C16H12Cl2O3. The molecular weight excluding hydrogens is 311 g/mol. The van der Waals surface area contributed by atoms with Crippen LogP contribution >= 0.6 is 23.2 Å². The number of ether oxygens (including phenoxy) is 1. The number of hydrogen-bond acceptors (Lipinski definition) is 2. The maximum atomic E-state index is 11.1. The van der Waals surface area contributed by atoms with Crippen molar-refractivity contribution >= 4 is 34.7 Å². The van der Waals surface area contributed by atoms with Gasteiger partial charge in [0.2, 0.25) is 0 Å². The Morgan fingerprint density at radius 1 is 1.10 bits per heavy atom. The highest BCUT2D eigenvalue weighted by Gasteiger charge is 2.14. The highest BCUT2D eigenvalue weighted by atomic mass is 35.5. The van der Waals surface area contributed by atoms with Gasteiger partial charge in [-0.05, 0) is 35.4 Å². The molecule has 0 unspecified atom stereocenters. The number of carbonyl (C=O) groups is 1. The monoisotopic (exact) mass is 322 g/mol. The van der Waals surface area contributed by atoms with Gasteiger partial charge in [0.1, 0.15) is 5.75 Å². The van der Waals surface area contributed by atoms with Gasteiger partial charge in [-0.25, -0.2) is 4.79 Å². The largest absolute Gasteiger partial charge is 0.497 e. The molecule has 21 heavy (non-hydrogen) atoms. The Morgan fingerprint density at radius 2 is 1.67 bits per heavy atom. The fourth-order valence-corrected chi connectivity index (χ4v) is 2.55. The van der Waals surface area contributed by atoms with Gasteiger partial charge in [-0.1, -0.05) is 41.4 Å². The van der Waals surface area contributed by atoms with Gasteiger partial charge in [-0.15, -0.1) is 0 Å². The number of benzene rings is 2. The second kappa shape index (κ2) is 6.66. The lowest BCUT2D eigenvalue weighted by atomic mass is 9.97. The van der Waals surface area contributed by atoms with E-state index in [0.717, 1.165) is 6.08 Å². The van der Waals surface area contributed by atoms with Gasteiger partial charge in [0.15, 0.2) is 0 Å². The topological polar surface area (TPSA) is 46.5 Å². The van der Waals surface area contributed by atoms with Gasteiger partial charge in [-0.2, -0.15) is 0 Å². The summed E-state index contributed by atoms with van der Waals surface area (Å²) in [6.07, 6.45) is 1.09. The van der Waals surface area contributed by atoms with E-state index in [4.69, 9.17) is 33.0 Å². The molecule has 0 aliphatic rings. The summed E-state index contributed by atoms with van der Waals surface area (Å²) in [6, 6.07) is 12.1. The van der Waals surface area contributed by atoms with Crippen molar-refractivity contribution in [3.8, 4) is 5.75 Å². The highest BCUT2D eigenvalue weighted by Crippen LogP contribution is 2.35. The molecule has 0 radical (unpaired) electrons. The van der Waals surface area contributed by atoms with E-state index < -0.39 is 5.97 Å². The zero-order valence-electron chi connectivity index (χ0n) is 11.1. The minimum atomic E-state index is -1.07. The van der Waals surface area contributed by atoms with Crippen molar-refractivity contribution in [2.75, 3.05) is 7.11 Å². The molecule has 2 aromatic rings. The third kappa shape index (κ3) is 3.57. The Bertz CT molecular complexity index is 671. The lowest BCUT2D eigenvalue weighted by molar-refractivity contribution is -0.131. The van der Waals surface area contributed by atoms with E-state index in [2.05, 4.69) is 0 Å². The normalized spacial score (nSPS) is 11.3. The zero-order valence-corrected chi connectivity index (χ0v) is 12.7. The number of rotatable bonds is 4. The van der Waals surface area contributed by atoms with E-state index in [1.165, 1.54) is 0 Å². The highest BCUT2D eigenvalue weighted by molar-refractivity contribution is 6.38. The molecule has 0 atom stereocenters. The predicted octanol–water partition coefficient (Wildman–Crippen LogP) is 4.52. The van der Waals surface area contributed by atoms with Crippen LogP contribution in [0.1, 0.15) is 11.1 Å². The minimum Gasteiger partial charge on any atom is -0.497 e. The third-order valence-electron chi connectivity index (χ3n) is 2.90. The molecule has 0 aromatic heterocycles. The summed E-state index contributed by atoms with van der Waals surface area (Å²) in [7, 11) is 1.56. The van der Waals surface area contributed by atoms with Gasteiger partial charge in [0.05, 0.1) is 7.11 Å². The standard InChI is InChI=1S/C16H12Cl2O3/c1-21-11-7-5-10(6-8-11)12(9-15(19)20)16-13(17)3-2-4-14(16)18/h2-9H,1H3,(H,19,20). The van der Waals surface area contributed by atoms with Crippen LogP contribution in [-0.2, 0) is 4.79 Å². The number of carboxylic acids is 1. The quantitative estimate of drug-likeness (QED) is 0.842. The molecule has 0 amide bonds. The Balaban J connectivity index is 2.61. The van der Waals surface area contributed by atoms with Crippen molar-refractivity contribution in [3.63, 3.8) is 0 Å². The van der Waals surface area contributed by atoms with Crippen molar-refractivity contribution in [3.05, 3.63) is 69.7 Å². The van der Waals surface area contributed by atoms with Crippen LogP contribution in [0, 0.1) is 0 Å². The Kier molecular flexibility index (Phi) is 4.89. The van der Waals surface area contributed by atoms with Crippen molar-refractivity contribution in [2.45, 2.75) is 0 Å². The lowest BCUT2D eigenvalue weighted by Crippen LogP contribution is -1.96. The van der Waals surface area contributed by atoms with Crippen molar-refractivity contribution in [2.24, 2.45) is 0 Å². The SMILES string of the molecule is COc1ccc(C(=CC(=O)O)c2c(Cl)cccc2Cl)cc1. The van der Waals surface area contributed by atoms with Gasteiger partial charge < -0.3 is 9.84 Å². The van der Waals surface area contributed by atoms with Gasteiger partial charge in [0, 0.05) is 21.7 Å². The van der Waals surface area contributed by atoms with Crippen LogP contribution in [0.3, 0.4) is 0 Å². The van der Waals surface area contributed by atoms with E-state index >= 15 is 0 Å². The van der Waals surface area contributed by atoms with Gasteiger partial charge in [0.25, 0.3) is 0 Å². The molecule has 0 fully saturated rings. The molecule has 0 saturated heterocycles. The Hall–Kier alpha value is -1.97. The summed E-state index contributed by atoms with van der Waals surface area (Å²) < 4.78 is 5.10. The second-order valence-electron chi connectivity index (χ2n) is 4.22. The van der Waals surface area contributed by atoms with Crippen molar-refractivity contribution < 1.29 is 14.6 Å². The fourth-order valence-electron chi connectivity index (χ4n) is 1.95. The smallest absolute Gasteiger partial charge is 0.328 e. The molecule has 0 bridgehead atoms. The molecule has 0 saturated carbocycles. The number of aliphatic carboxylic acids is 1. The van der Waals surface area contributed by atoms with Crippen molar-refractivity contribution in [1.29, 1.82) is 0 Å². The number of methoxy groups -OCH3 is 1. The number of halogens is 2. The molecule has 0 aliphatic carbocycles. The summed E-state index contributed by atoms with van der Waals surface area (Å²) >= 11 is 12.3. The van der Waals surface area contributed by atoms with E-state index in [9.17, 15) is 4.79 Å². The van der Waals surface area contributed by atoms with Gasteiger partial charge in [-0.3, -0.25) is 0 Å². The summed E-state index contributed by atoms with van der Waals surface area (Å²) in [6.45, 7) is 0. The average molecular weight is 323 g/mol. The number of hydrogen-bond donors (Lipinski definition) is 1. The molecule has 2 aromatic carbocycles. The van der Waals surface area contributed by atoms with Crippen LogP contribution < -0.4 is 4.74 Å². The van der Waals surface area contributed by atoms with E-state index in [-0.39, 0.29) is 0 Å².